The average molecular weight is 413 g/mol. The number of nitrogens with zero attached hydrogens (tertiary/aromatic N) is 2. The summed E-state index contributed by atoms with van der Waals surface area (Å²) in [5.74, 6) is 1.17. The predicted octanol–water partition coefficient (Wildman–Crippen LogP) is 4.34. The second kappa shape index (κ2) is 10.1. The Balaban J connectivity index is 1.91. The summed E-state index contributed by atoms with van der Waals surface area (Å²) in [6.07, 6.45) is 1.84. The highest BCUT2D eigenvalue weighted by Crippen LogP contribution is 2.35. The lowest BCUT2D eigenvalue weighted by Crippen LogP contribution is -2.32. The molecule has 0 aliphatic carbocycles. The fourth-order valence-electron chi connectivity index (χ4n) is 2.80. The van der Waals surface area contributed by atoms with Crippen LogP contribution in [0.15, 0.2) is 58.4 Å². The van der Waals surface area contributed by atoms with E-state index < -0.39 is 0 Å². The molecule has 2 aromatic rings. The molecule has 6 nitrogen and oxygen atoms in total. The summed E-state index contributed by atoms with van der Waals surface area (Å²) in [6.45, 7) is 3.45. The van der Waals surface area contributed by atoms with Crippen LogP contribution in [0.2, 0.25) is 0 Å². The summed E-state index contributed by atoms with van der Waals surface area (Å²) < 4.78 is 16.1. The first kappa shape index (κ1) is 21.0. The van der Waals surface area contributed by atoms with Gasteiger partial charge in [0.05, 0.1) is 38.0 Å². The molecule has 1 aliphatic rings. The molecule has 0 bridgehead atoms. The number of ether oxygens (including phenoxy) is 3. The molecule has 152 valence electrons. The Bertz CT molecular complexity index is 912. The van der Waals surface area contributed by atoms with Gasteiger partial charge in [-0.1, -0.05) is 24.3 Å². The van der Waals surface area contributed by atoms with E-state index in [2.05, 4.69) is 4.99 Å². The zero-order valence-electron chi connectivity index (χ0n) is 16.8. The summed E-state index contributed by atoms with van der Waals surface area (Å²) in [7, 11) is 3.18. The number of benzene rings is 2. The molecule has 1 saturated heterocycles. The van der Waals surface area contributed by atoms with Crippen LogP contribution in [0.25, 0.3) is 6.08 Å². The number of aliphatic imine (C=N–C) groups is 1. The number of thioether (sulfide) groups is 1. The van der Waals surface area contributed by atoms with Gasteiger partial charge in [0.25, 0.3) is 5.91 Å². The molecule has 1 heterocycles. The van der Waals surface area contributed by atoms with Crippen LogP contribution in [0.5, 0.6) is 11.5 Å². The van der Waals surface area contributed by atoms with Crippen LogP contribution < -0.4 is 9.47 Å². The minimum atomic E-state index is -0.0841. The quantitative estimate of drug-likeness (QED) is 0.477. The molecule has 7 heteroatoms. The van der Waals surface area contributed by atoms with Gasteiger partial charge in [0.1, 0.15) is 0 Å². The molecule has 29 heavy (non-hydrogen) atoms. The number of methoxy groups -OCH3 is 2. The molecule has 0 unspecified atom stereocenters. The third kappa shape index (κ3) is 5.19. The maximum Gasteiger partial charge on any atom is 0.266 e. The van der Waals surface area contributed by atoms with Crippen LogP contribution in [0, 0.1) is 0 Å². The first-order valence-corrected chi connectivity index (χ1v) is 10.1. The van der Waals surface area contributed by atoms with Crippen LogP contribution in [0.1, 0.15) is 12.5 Å². The predicted molar refractivity (Wildman–Crippen MR) is 117 cm³/mol. The third-order valence-corrected chi connectivity index (χ3v) is 5.24. The van der Waals surface area contributed by atoms with Crippen molar-refractivity contribution in [2.45, 2.75) is 6.92 Å². The Morgan fingerprint density at radius 1 is 1.07 bits per heavy atom. The molecule has 0 spiro atoms. The van der Waals surface area contributed by atoms with Crippen molar-refractivity contribution in [2.75, 3.05) is 34.0 Å². The molecule has 0 radical (unpaired) electrons. The average Bonchev–Trinajstić information content (AvgIpc) is 3.03. The molecule has 2 aromatic carbocycles. The minimum absolute atomic E-state index is 0.0841. The van der Waals surface area contributed by atoms with Crippen molar-refractivity contribution in [1.29, 1.82) is 0 Å². The number of carbonyl (C=O) groups is 1. The fourth-order valence-corrected chi connectivity index (χ4v) is 3.82. The Hall–Kier alpha value is -2.77. The standard InChI is InChI=1S/C22H24N2O4S/c1-4-28-13-12-24-21(25)20(29-22(24)23-17-8-6-5-7-9-17)15-16-10-11-18(26-2)19(14-16)27-3/h5-11,14-15H,4,12-13H2,1-3H3/b20-15+,23-22?. The lowest BCUT2D eigenvalue weighted by atomic mass is 10.2. The normalized spacial score (nSPS) is 16.7. The van der Waals surface area contributed by atoms with E-state index in [0.29, 0.717) is 41.3 Å². The maximum absolute atomic E-state index is 13.0. The van der Waals surface area contributed by atoms with Gasteiger partial charge in [0, 0.05) is 6.61 Å². The number of para-hydroxylation sites is 1. The van der Waals surface area contributed by atoms with Crippen LogP contribution in [-0.2, 0) is 9.53 Å². The highest BCUT2D eigenvalue weighted by atomic mass is 32.2. The van der Waals surface area contributed by atoms with E-state index in [0.717, 1.165) is 11.3 Å². The van der Waals surface area contributed by atoms with Gasteiger partial charge >= 0.3 is 0 Å². The largest absolute Gasteiger partial charge is 0.493 e. The molecule has 1 aliphatic heterocycles. The fraction of sp³-hybridized carbons (Fsp3) is 0.273. The van der Waals surface area contributed by atoms with Crippen molar-refractivity contribution in [3.8, 4) is 11.5 Å². The van der Waals surface area contributed by atoms with E-state index in [1.807, 2.05) is 61.5 Å². The van der Waals surface area contributed by atoms with Gasteiger partial charge < -0.3 is 14.2 Å². The highest BCUT2D eigenvalue weighted by Gasteiger charge is 2.33. The van der Waals surface area contributed by atoms with Crippen molar-refractivity contribution in [2.24, 2.45) is 4.99 Å². The smallest absolute Gasteiger partial charge is 0.266 e. The molecule has 0 aromatic heterocycles. The van der Waals surface area contributed by atoms with Gasteiger partial charge in [-0.3, -0.25) is 9.69 Å². The number of amidine groups is 1. The van der Waals surface area contributed by atoms with Crippen molar-refractivity contribution in [3.63, 3.8) is 0 Å². The molecule has 0 atom stereocenters. The number of hydrogen-bond donors (Lipinski definition) is 0. The van der Waals surface area contributed by atoms with Gasteiger partial charge in [-0.15, -0.1) is 0 Å². The van der Waals surface area contributed by atoms with Crippen LogP contribution in [0.4, 0.5) is 5.69 Å². The van der Waals surface area contributed by atoms with Crippen LogP contribution >= 0.6 is 11.8 Å². The zero-order valence-corrected chi connectivity index (χ0v) is 17.6. The lowest BCUT2D eigenvalue weighted by Gasteiger charge is -2.15. The number of hydrogen-bond acceptors (Lipinski definition) is 6. The summed E-state index contributed by atoms with van der Waals surface area (Å²) in [5.41, 5.74) is 1.65. The first-order valence-electron chi connectivity index (χ1n) is 9.31. The summed E-state index contributed by atoms with van der Waals surface area (Å²) in [5, 5.41) is 0.646. The van der Waals surface area contributed by atoms with Crippen LogP contribution in [0.3, 0.4) is 0 Å². The van der Waals surface area contributed by atoms with Gasteiger partial charge in [0.2, 0.25) is 0 Å². The van der Waals surface area contributed by atoms with Crippen molar-refractivity contribution in [1.82, 2.24) is 4.90 Å². The molecule has 1 amide bonds. The SMILES string of the molecule is CCOCCN1C(=O)/C(=C\c2ccc(OC)c(OC)c2)SC1=Nc1ccccc1. The molecule has 1 fully saturated rings. The minimum Gasteiger partial charge on any atom is -0.493 e. The van der Waals surface area contributed by atoms with E-state index in [-0.39, 0.29) is 5.91 Å². The van der Waals surface area contributed by atoms with Gasteiger partial charge in [-0.25, -0.2) is 4.99 Å². The van der Waals surface area contributed by atoms with Crippen LogP contribution in [-0.4, -0.2) is 50.0 Å². The third-order valence-electron chi connectivity index (χ3n) is 4.24. The molecule has 0 N–H and O–H groups in total. The van der Waals surface area contributed by atoms with E-state index in [1.165, 1.54) is 11.8 Å². The van der Waals surface area contributed by atoms with Crippen molar-refractivity contribution in [3.05, 3.63) is 59.0 Å². The Kier molecular flexibility index (Phi) is 7.32. The highest BCUT2D eigenvalue weighted by molar-refractivity contribution is 8.18. The maximum atomic E-state index is 13.0. The van der Waals surface area contributed by atoms with E-state index >= 15 is 0 Å². The van der Waals surface area contributed by atoms with Gasteiger partial charge in [0.15, 0.2) is 16.7 Å². The Labute approximate surface area is 175 Å². The summed E-state index contributed by atoms with van der Waals surface area (Å²) in [6, 6.07) is 15.2. The van der Waals surface area contributed by atoms with Gasteiger partial charge in [-0.2, -0.15) is 0 Å². The second-order valence-corrected chi connectivity index (χ2v) is 7.12. The summed E-state index contributed by atoms with van der Waals surface area (Å²) in [4.78, 5) is 20.0. The molecular weight excluding hydrogens is 388 g/mol. The molecule has 0 saturated carbocycles. The topological polar surface area (TPSA) is 60.4 Å². The Morgan fingerprint density at radius 2 is 1.83 bits per heavy atom. The zero-order chi connectivity index (χ0) is 20.6. The van der Waals surface area contributed by atoms with Crippen molar-refractivity contribution < 1.29 is 19.0 Å². The first-order chi connectivity index (χ1) is 14.2. The number of rotatable bonds is 8. The van der Waals surface area contributed by atoms with Gasteiger partial charge in [-0.05, 0) is 54.6 Å². The number of carbonyl (C=O) groups excluding carboxylic acids is 1. The van der Waals surface area contributed by atoms with E-state index in [1.54, 1.807) is 19.1 Å². The summed E-state index contributed by atoms with van der Waals surface area (Å²) >= 11 is 1.36. The van der Waals surface area contributed by atoms with E-state index in [9.17, 15) is 4.79 Å². The number of amides is 1. The van der Waals surface area contributed by atoms with E-state index in [4.69, 9.17) is 14.2 Å². The monoisotopic (exact) mass is 412 g/mol. The molecule has 3 rings (SSSR count). The van der Waals surface area contributed by atoms with Crippen molar-refractivity contribution >= 4 is 34.6 Å². The molecular formula is C22H24N2O4S. The second-order valence-electron chi connectivity index (χ2n) is 6.11. The Morgan fingerprint density at radius 3 is 2.52 bits per heavy atom. The lowest BCUT2D eigenvalue weighted by molar-refractivity contribution is -0.122.